The molecule has 0 aromatic rings. The Balaban J connectivity index is 2.09. The van der Waals surface area contributed by atoms with E-state index in [1.54, 1.807) is 0 Å². The van der Waals surface area contributed by atoms with Crippen LogP contribution < -0.4 is 0 Å². The fraction of sp³-hybridized carbons (Fsp3) is 1.00. The summed E-state index contributed by atoms with van der Waals surface area (Å²) in [7, 11) is 0. The van der Waals surface area contributed by atoms with Crippen molar-refractivity contribution < 1.29 is 0 Å². The summed E-state index contributed by atoms with van der Waals surface area (Å²) < 4.78 is 0. The van der Waals surface area contributed by atoms with Crippen molar-refractivity contribution in [1.82, 2.24) is 0 Å². The van der Waals surface area contributed by atoms with Crippen LogP contribution in [0.3, 0.4) is 0 Å². The van der Waals surface area contributed by atoms with Crippen LogP contribution in [0, 0.1) is 0 Å². The van der Waals surface area contributed by atoms with Crippen LogP contribution in [0.25, 0.3) is 0 Å². The van der Waals surface area contributed by atoms with E-state index in [1.807, 2.05) is 0 Å². The molecular weight excluding hydrogens is 224 g/mol. The molecule has 0 aliphatic carbocycles. The number of hydrogen-bond acceptors (Lipinski definition) is 4. The van der Waals surface area contributed by atoms with E-state index < -0.39 is 0 Å². The van der Waals surface area contributed by atoms with Crippen LogP contribution in [0.4, 0.5) is 0 Å². The first-order valence-electron chi connectivity index (χ1n) is 4.28. The summed E-state index contributed by atoms with van der Waals surface area (Å²) >= 11 is 10.7. The van der Waals surface area contributed by atoms with Crippen LogP contribution in [0.5, 0.6) is 0 Å². The summed E-state index contributed by atoms with van der Waals surface area (Å²) in [4.78, 5) is 0. The van der Waals surface area contributed by atoms with Crippen LogP contribution in [0.1, 0.15) is 6.92 Å². The minimum atomic E-state index is 0.807. The molecule has 0 N–H and O–H groups in total. The molecule has 0 bridgehead atoms. The maximum atomic E-state index is 4.32. The molecule has 1 aliphatic rings. The second-order valence-corrected chi connectivity index (χ2v) is 7.10. The highest BCUT2D eigenvalue weighted by Gasteiger charge is 2.20. The molecule has 1 heterocycles. The minimum Gasteiger partial charge on any atom is -0.178 e. The molecule has 72 valence electrons. The van der Waals surface area contributed by atoms with Crippen LogP contribution in [0.15, 0.2) is 0 Å². The van der Waals surface area contributed by atoms with Gasteiger partial charge in [-0.25, -0.2) is 0 Å². The third-order valence-electron chi connectivity index (χ3n) is 1.75. The molecule has 2 atom stereocenters. The Morgan fingerprint density at radius 2 is 2.00 bits per heavy atom. The molecule has 0 amide bonds. The maximum Gasteiger partial charge on any atom is 0.0229 e. The second-order valence-electron chi connectivity index (χ2n) is 2.75. The molecule has 4 heteroatoms. The van der Waals surface area contributed by atoms with Gasteiger partial charge in [0.2, 0.25) is 0 Å². The molecule has 0 saturated carbocycles. The SMILES string of the molecule is CCSCC1CSC(CS)CS1. The molecule has 1 rings (SSSR count). The van der Waals surface area contributed by atoms with Crippen LogP contribution in [-0.4, -0.2) is 39.3 Å². The Morgan fingerprint density at radius 1 is 1.33 bits per heavy atom. The predicted molar refractivity (Wildman–Crippen MR) is 69.3 cm³/mol. The van der Waals surface area contributed by atoms with Crippen molar-refractivity contribution in [2.75, 3.05) is 28.8 Å². The van der Waals surface area contributed by atoms with E-state index in [0.717, 1.165) is 16.3 Å². The largest absolute Gasteiger partial charge is 0.178 e. The van der Waals surface area contributed by atoms with Gasteiger partial charge < -0.3 is 0 Å². The molecule has 1 fully saturated rings. The molecule has 0 radical (unpaired) electrons. The van der Waals surface area contributed by atoms with Gasteiger partial charge >= 0.3 is 0 Å². The van der Waals surface area contributed by atoms with E-state index in [9.17, 15) is 0 Å². The lowest BCUT2D eigenvalue weighted by molar-refractivity contribution is 1.06. The molecule has 0 spiro atoms. The fourth-order valence-corrected chi connectivity index (χ4v) is 5.65. The Labute approximate surface area is 93.8 Å². The first-order chi connectivity index (χ1) is 5.86. The van der Waals surface area contributed by atoms with E-state index in [4.69, 9.17) is 0 Å². The lowest BCUT2D eigenvalue weighted by Gasteiger charge is -2.26. The Kier molecular flexibility index (Phi) is 6.50. The van der Waals surface area contributed by atoms with Crippen LogP contribution >= 0.6 is 47.9 Å². The van der Waals surface area contributed by atoms with Gasteiger partial charge in [-0.3, -0.25) is 0 Å². The topological polar surface area (TPSA) is 0 Å². The summed E-state index contributed by atoms with van der Waals surface area (Å²) in [5.41, 5.74) is 0. The predicted octanol–water partition coefficient (Wildman–Crippen LogP) is 2.89. The second kappa shape index (κ2) is 6.80. The zero-order chi connectivity index (χ0) is 8.81. The van der Waals surface area contributed by atoms with Gasteiger partial charge in [0.15, 0.2) is 0 Å². The number of rotatable bonds is 4. The molecule has 1 aliphatic heterocycles. The van der Waals surface area contributed by atoms with Gasteiger partial charge in [0.05, 0.1) is 0 Å². The lowest BCUT2D eigenvalue weighted by Crippen LogP contribution is -2.24. The van der Waals surface area contributed by atoms with Crippen molar-refractivity contribution in [2.45, 2.75) is 17.4 Å². The monoisotopic (exact) mass is 240 g/mol. The Hall–Kier alpha value is 1.40. The molecule has 0 nitrogen and oxygen atoms in total. The summed E-state index contributed by atoms with van der Waals surface area (Å²) in [5.74, 6) is 6.29. The van der Waals surface area contributed by atoms with Crippen molar-refractivity contribution in [3.63, 3.8) is 0 Å². The van der Waals surface area contributed by atoms with Gasteiger partial charge in [0, 0.05) is 33.5 Å². The number of thioether (sulfide) groups is 3. The normalized spacial score (nSPS) is 30.5. The first kappa shape index (κ1) is 11.5. The third-order valence-corrected chi connectivity index (χ3v) is 6.91. The molecule has 12 heavy (non-hydrogen) atoms. The van der Waals surface area contributed by atoms with Gasteiger partial charge in [-0.05, 0) is 5.75 Å². The maximum absolute atomic E-state index is 4.32. The van der Waals surface area contributed by atoms with E-state index in [1.165, 1.54) is 23.0 Å². The summed E-state index contributed by atoms with van der Waals surface area (Å²) in [5, 5.41) is 1.71. The Bertz CT molecular complexity index is 110. The molecule has 2 unspecified atom stereocenters. The van der Waals surface area contributed by atoms with Crippen molar-refractivity contribution in [3.05, 3.63) is 0 Å². The zero-order valence-corrected chi connectivity index (χ0v) is 10.7. The molecule has 0 aromatic heterocycles. The van der Waals surface area contributed by atoms with Crippen molar-refractivity contribution in [3.8, 4) is 0 Å². The van der Waals surface area contributed by atoms with E-state index in [-0.39, 0.29) is 0 Å². The highest BCUT2D eigenvalue weighted by molar-refractivity contribution is 8.08. The van der Waals surface area contributed by atoms with Crippen molar-refractivity contribution >= 4 is 47.9 Å². The van der Waals surface area contributed by atoms with Gasteiger partial charge in [-0.2, -0.15) is 47.9 Å². The van der Waals surface area contributed by atoms with Crippen LogP contribution in [0.2, 0.25) is 0 Å². The van der Waals surface area contributed by atoms with Gasteiger partial charge in [-0.1, -0.05) is 6.92 Å². The molecule has 0 aromatic carbocycles. The quantitative estimate of drug-likeness (QED) is 0.751. The van der Waals surface area contributed by atoms with Gasteiger partial charge in [0.25, 0.3) is 0 Å². The smallest absolute Gasteiger partial charge is 0.0229 e. The summed E-state index contributed by atoms with van der Waals surface area (Å²) in [6.45, 7) is 2.24. The van der Waals surface area contributed by atoms with Crippen molar-refractivity contribution in [1.29, 1.82) is 0 Å². The van der Waals surface area contributed by atoms with E-state index >= 15 is 0 Å². The number of thiol groups is 1. The fourth-order valence-electron chi connectivity index (χ4n) is 1.03. The highest BCUT2D eigenvalue weighted by atomic mass is 32.2. The summed E-state index contributed by atoms with van der Waals surface area (Å²) in [6, 6.07) is 0. The minimum absolute atomic E-state index is 0.807. The molecular formula is C8H16S4. The van der Waals surface area contributed by atoms with Crippen molar-refractivity contribution in [2.24, 2.45) is 0 Å². The molecule has 1 saturated heterocycles. The van der Waals surface area contributed by atoms with Gasteiger partial charge in [0.1, 0.15) is 0 Å². The average Bonchev–Trinajstić information content (AvgIpc) is 2.15. The lowest BCUT2D eigenvalue weighted by atomic mass is 10.5. The number of hydrogen-bond donors (Lipinski definition) is 1. The van der Waals surface area contributed by atoms with Crippen LogP contribution in [-0.2, 0) is 0 Å². The first-order valence-corrected chi connectivity index (χ1v) is 8.17. The summed E-state index contributed by atoms with van der Waals surface area (Å²) in [6.07, 6.45) is 0. The highest BCUT2D eigenvalue weighted by Crippen LogP contribution is 2.31. The van der Waals surface area contributed by atoms with E-state index in [0.29, 0.717) is 0 Å². The Morgan fingerprint density at radius 3 is 2.50 bits per heavy atom. The average molecular weight is 240 g/mol. The van der Waals surface area contributed by atoms with Gasteiger partial charge in [-0.15, -0.1) is 0 Å². The standard InChI is InChI=1S/C8H16S4/c1-2-10-4-8-6-11-7(3-9)5-12-8/h7-9H,2-6H2,1H3. The third kappa shape index (κ3) is 4.07. The zero-order valence-electron chi connectivity index (χ0n) is 7.36. The van der Waals surface area contributed by atoms with E-state index in [2.05, 4.69) is 54.8 Å².